The minimum atomic E-state index is 0.295. The van der Waals surface area contributed by atoms with Crippen molar-refractivity contribution in [2.75, 3.05) is 7.11 Å². The van der Waals surface area contributed by atoms with Crippen LogP contribution in [-0.4, -0.2) is 17.2 Å². The van der Waals surface area contributed by atoms with E-state index in [1.807, 2.05) is 48.5 Å². The van der Waals surface area contributed by atoms with E-state index in [1.165, 1.54) is 0 Å². The SMILES string of the molecule is COc1cccc(Sc2ccc(O)c3ccccc23)n1. The predicted molar refractivity (Wildman–Crippen MR) is 80.5 cm³/mol. The highest BCUT2D eigenvalue weighted by Gasteiger charge is 2.07. The van der Waals surface area contributed by atoms with Crippen molar-refractivity contribution in [1.29, 1.82) is 0 Å². The summed E-state index contributed by atoms with van der Waals surface area (Å²) < 4.78 is 5.13. The summed E-state index contributed by atoms with van der Waals surface area (Å²) in [4.78, 5) is 5.45. The van der Waals surface area contributed by atoms with Crippen LogP contribution < -0.4 is 4.74 Å². The summed E-state index contributed by atoms with van der Waals surface area (Å²) in [5.41, 5.74) is 0. The highest BCUT2D eigenvalue weighted by Crippen LogP contribution is 2.36. The Morgan fingerprint density at radius 2 is 1.75 bits per heavy atom. The summed E-state index contributed by atoms with van der Waals surface area (Å²) in [6, 6.07) is 17.1. The summed E-state index contributed by atoms with van der Waals surface area (Å²) >= 11 is 1.55. The van der Waals surface area contributed by atoms with Crippen molar-refractivity contribution >= 4 is 22.5 Å². The number of rotatable bonds is 3. The Hall–Kier alpha value is -2.20. The van der Waals surface area contributed by atoms with Gasteiger partial charge in [0.1, 0.15) is 10.8 Å². The molecule has 0 aliphatic rings. The van der Waals surface area contributed by atoms with Crippen molar-refractivity contribution in [3.63, 3.8) is 0 Å². The molecule has 4 heteroatoms. The van der Waals surface area contributed by atoms with E-state index in [0.717, 1.165) is 20.7 Å². The van der Waals surface area contributed by atoms with Crippen molar-refractivity contribution < 1.29 is 9.84 Å². The first-order valence-corrected chi connectivity index (χ1v) is 6.99. The standard InChI is InChI=1S/C16H13NO2S/c1-19-15-7-4-8-16(17-15)20-14-10-9-13(18)11-5-2-3-6-12(11)14/h2-10,18H,1H3. The summed E-state index contributed by atoms with van der Waals surface area (Å²) in [6.07, 6.45) is 0. The van der Waals surface area contributed by atoms with Gasteiger partial charge in [0.25, 0.3) is 0 Å². The van der Waals surface area contributed by atoms with Crippen LogP contribution in [0.5, 0.6) is 11.6 Å². The van der Waals surface area contributed by atoms with Crippen LogP contribution in [0.1, 0.15) is 0 Å². The van der Waals surface area contributed by atoms with Gasteiger partial charge in [-0.15, -0.1) is 0 Å². The first-order valence-electron chi connectivity index (χ1n) is 6.17. The van der Waals surface area contributed by atoms with Gasteiger partial charge in [-0.1, -0.05) is 42.1 Å². The molecule has 2 aromatic carbocycles. The molecule has 1 N–H and O–H groups in total. The molecule has 1 heterocycles. The lowest BCUT2D eigenvalue weighted by Gasteiger charge is -2.08. The Morgan fingerprint density at radius 1 is 0.950 bits per heavy atom. The van der Waals surface area contributed by atoms with Crippen LogP contribution in [0, 0.1) is 0 Å². The molecule has 3 aromatic rings. The van der Waals surface area contributed by atoms with Gasteiger partial charge in [-0.2, -0.15) is 0 Å². The fraction of sp³-hybridized carbons (Fsp3) is 0.0625. The Balaban J connectivity index is 2.04. The topological polar surface area (TPSA) is 42.4 Å². The first-order chi connectivity index (χ1) is 9.78. The fourth-order valence-electron chi connectivity index (χ4n) is 2.02. The van der Waals surface area contributed by atoms with E-state index in [2.05, 4.69) is 4.98 Å². The van der Waals surface area contributed by atoms with Crippen LogP contribution in [-0.2, 0) is 0 Å². The van der Waals surface area contributed by atoms with Crippen molar-refractivity contribution in [2.45, 2.75) is 9.92 Å². The number of aromatic nitrogens is 1. The normalized spacial score (nSPS) is 10.7. The average molecular weight is 283 g/mol. The van der Waals surface area contributed by atoms with Crippen LogP contribution in [0.4, 0.5) is 0 Å². The molecule has 3 rings (SSSR count). The van der Waals surface area contributed by atoms with Crippen LogP contribution in [0.15, 0.2) is 64.5 Å². The maximum atomic E-state index is 9.90. The van der Waals surface area contributed by atoms with Crippen molar-refractivity contribution in [3.05, 3.63) is 54.6 Å². The molecule has 20 heavy (non-hydrogen) atoms. The Bertz CT molecular complexity index is 758. The van der Waals surface area contributed by atoms with Crippen LogP contribution in [0.3, 0.4) is 0 Å². The number of hydrogen-bond acceptors (Lipinski definition) is 4. The molecule has 0 fully saturated rings. The van der Waals surface area contributed by atoms with Crippen LogP contribution in [0.2, 0.25) is 0 Å². The molecule has 3 nitrogen and oxygen atoms in total. The van der Waals surface area contributed by atoms with Gasteiger partial charge in [-0.3, -0.25) is 0 Å². The van der Waals surface area contributed by atoms with E-state index in [0.29, 0.717) is 11.6 Å². The Kier molecular flexibility index (Phi) is 3.48. The van der Waals surface area contributed by atoms with Gasteiger partial charge in [0.2, 0.25) is 5.88 Å². The van der Waals surface area contributed by atoms with E-state index in [9.17, 15) is 5.11 Å². The molecular formula is C16H13NO2S. The van der Waals surface area contributed by atoms with Crippen LogP contribution in [0.25, 0.3) is 10.8 Å². The van der Waals surface area contributed by atoms with Crippen molar-refractivity contribution in [1.82, 2.24) is 4.98 Å². The molecule has 1 aromatic heterocycles. The summed E-state index contributed by atoms with van der Waals surface area (Å²) in [6.45, 7) is 0. The lowest BCUT2D eigenvalue weighted by Crippen LogP contribution is -1.88. The van der Waals surface area contributed by atoms with E-state index < -0.39 is 0 Å². The second kappa shape index (κ2) is 5.43. The Morgan fingerprint density at radius 3 is 2.55 bits per heavy atom. The number of ether oxygens (including phenoxy) is 1. The quantitative estimate of drug-likeness (QED) is 0.786. The molecular weight excluding hydrogens is 270 g/mol. The molecule has 100 valence electrons. The molecule has 0 atom stereocenters. The average Bonchev–Trinajstić information content (AvgIpc) is 2.51. The third-order valence-electron chi connectivity index (χ3n) is 2.98. The number of methoxy groups -OCH3 is 1. The van der Waals surface area contributed by atoms with E-state index >= 15 is 0 Å². The number of benzene rings is 2. The molecule has 0 saturated heterocycles. The van der Waals surface area contributed by atoms with E-state index in [4.69, 9.17) is 4.74 Å². The van der Waals surface area contributed by atoms with Gasteiger partial charge in [-0.25, -0.2) is 4.98 Å². The molecule has 0 aliphatic carbocycles. The minimum absolute atomic E-state index is 0.295. The third-order valence-corrected chi connectivity index (χ3v) is 4.00. The van der Waals surface area contributed by atoms with Gasteiger partial charge < -0.3 is 9.84 Å². The second-order valence-electron chi connectivity index (χ2n) is 4.25. The number of phenolic OH excluding ortho intramolecular Hbond substituents is 1. The largest absolute Gasteiger partial charge is 0.507 e. The van der Waals surface area contributed by atoms with Crippen molar-refractivity contribution in [2.24, 2.45) is 0 Å². The van der Waals surface area contributed by atoms with Gasteiger partial charge in [0.15, 0.2) is 0 Å². The summed E-state index contributed by atoms with van der Waals surface area (Å²) in [5.74, 6) is 0.890. The number of fused-ring (bicyclic) bond motifs is 1. The van der Waals surface area contributed by atoms with Gasteiger partial charge >= 0.3 is 0 Å². The highest BCUT2D eigenvalue weighted by molar-refractivity contribution is 7.99. The molecule has 0 unspecified atom stereocenters. The second-order valence-corrected chi connectivity index (χ2v) is 5.31. The number of nitrogens with zero attached hydrogens (tertiary/aromatic N) is 1. The molecule has 0 spiro atoms. The zero-order valence-electron chi connectivity index (χ0n) is 10.9. The smallest absolute Gasteiger partial charge is 0.213 e. The minimum Gasteiger partial charge on any atom is -0.507 e. The molecule has 0 aliphatic heterocycles. The molecule has 0 bridgehead atoms. The monoisotopic (exact) mass is 283 g/mol. The van der Waals surface area contributed by atoms with Crippen molar-refractivity contribution in [3.8, 4) is 11.6 Å². The third kappa shape index (κ3) is 2.42. The maximum absolute atomic E-state index is 9.90. The maximum Gasteiger partial charge on any atom is 0.213 e. The van der Waals surface area contributed by atoms with Crippen LogP contribution >= 0.6 is 11.8 Å². The fourth-order valence-corrected chi connectivity index (χ4v) is 2.96. The number of aromatic hydroxyl groups is 1. The van der Waals surface area contributed by atoms with E-state index in [-0.39, 0.29) is 0 Å². The number of phenols is 1. The molecule has 0 radical (unpaired) electrons. The lowest BCUT2D eigenvalue weighted by molar-refractivity contribution is 0.394. The lowest BCUT2D eigenvalue weighted by atomic mass is 10.1. The summed E-state index contributed by atoms with van der Waals surface area (Å²) in [7, 11) is 1.60. The zero-order valence-corrected chi connectivity index (χ0v) is 11.7. The number of pyridine rings is 1. The van der Waals surface area contributed by atoms with E-state index in [1.54, 1.807) is 24.9 Å². The van der Waals surface area contributed by atoms with Gasteiger partial charge in [0.05, 0.1) is 7.11 Å². The number of hydrogen-bond donors (Lipinski definition) is 1. The molecule has 0 saturated carbocycles. The van der Waals surface area contributed by atoms with Gasteiger partial charge in [0, 0.05) is 16.3 Å². The summed E-state index contributed by atoms with van der Waals surface area (Å²) in [5, 5.41) is 12.6. The van der Waals surface area contributed by atoms with Gasteiger partial charge in [-0.05, 0) is 23.6 Å². The first kappa shape index (κ1) is 12.8. The zero-order chi connectivity index (χ0) is 13.9. The predicted octanol–water partition coefficient (Wildman–Crippen LogP) is 4.10. The highest BCUT2D eigenvalue weighted by atomic mass is 32.2. The Labute approximate surface area is 121 Å². The molecule has 0 amide bonds.